The van der Waals surface area contributed by atoms with Crippen LogP contribution in [0.1, 0.15) is 45.2 Å². The van der Waals surface area contributed by atoms with Crippen LogP contribution in [-0.2, 0) is 5.41 Å². The van der Waals surface area contributed by atoms with Gasteiger partial charge in [0, 0.05) is 36.7 Å². The van der Waals surface area contributed by atoms with Crippen molar-refractivity contribution in [2.75, 3.05) is 18.0 Å². The highest BCUT2D eigenvalue weighted by Crippen LogP contribution is 2.78. The summed E-state index contributed by atoms with van der Waals surface area (Å²) in [5, 5.41) is 25.7. The summed E-state index contributed by atoms with van der Waals surface area (Å²) < 4.78 is 1.81. The molecule has 8 heteroatoms. The molecule has 1 saturated heterocycles. The quantitative estimate of drug-likeness (QED) is 0.699. The van der Waals surface area contributed by atoms with Gasteiger partial charge in [0.15, 0.2) is 5.82 Å². The molecule has 31 heavy (non-hydrogen) atoms. The minimum absolute atomic E-state index is 0.169. The standard InChI is InChI=1S/C23H25N7O/c1-21(2,31)16-3-6-29(11-16)19-8-20(27-14-26-19)30-17-7-18(25-9-15(17)10-28-30)23(13-24)12-22(23)4-5-22/h7-10,14,16,31H,3-6,11-12H2,1-2H3. The Labute approximate surface area is 180 Å². The van der Waals surface area contributed by atoms with E-state index >= 15 is 0 Å². The van der Waals surface area contributed by atoms with Crippen molar-refractivity contribution in [1.29, 1.82) is 5.26 Å². The second kappa shape index (κ2) is 6.01. The van der Waals surface area contributed by atoms with E-state index in [1.807, 2.05) is 36.9 Å². The average Bonchev–Trinajstić information content (AvgIpc) is 3.50. The first-order valence-corrected chi connectivity index (χ1v) is 10.9. The Morgan fingerprint density at radius 2 is 1.97 bits per heavy atom. The van der Waals surface area contributed by atoms with Crippen molar-refractivity contribution in [2.24, 2.45) is 11.3 Å². The molecule has 0 bridgehead atoms. The lowest BCUT2D eigenvalue weighted by atomic mass is 9.90. The molecule has 8 nitrogen and oxygen atoms in total. The number of fused-ring (bicyclic) bond motifs is 1. The topological polar surface area (TPSA) is 104 Å². The molecule has 4 heterocycles. The van der Waals surface area contributed by atoms with Crippen LogP contribution in [0.3, 0.4) is 0 Å². The molecule has 2 unspecified atom stereocenters. The summed E-state index contributed by atoms with van der Waals surface area (Å²) in [6.45, 7) is 5.36. The molecule has 0 radical (unpaired) electrons. The Morgan fingerprint density at radius 3 is 2.65 bits per heavy atom. The van der Waals surface area contributed by atoms with Gasteiger partial charge in [-0.05, 0) is 51.0 Å². The Bertz CT molecular complexity index is 1230. The summed E-state index contributed by atoms with van der Waals surface area (Å²) in [4.78, 5) is 15.8. The third kappa shape index (κ3) is 2.69. The molecule has 1 N–H and O–H groups in total. The van der Waals surface area contributed by atoms with Crippen LogP contribution in [0.5, 0.6) is 0 Å². The van der Waals surface area contributed by atoms with E-state index in [-0.39, 0.29) is 11.3 Å². The van der Waals surface area contributed by atoms with Crippen LogP contribution in [0.2, 0.25) is 0 Å². The van der Waals surface area contributed by atoms with E-state index in [0.29, 0.717) is 5.82 Å². The molecule has 2 atom stereocenters. The molecule has 158 valence electrons. The Kier molecular flexibility index (Phi) is 3.63. The van der Waals surface area contributed by atoms with Crippen LogP contribution in [0.25, 0.3) is 16.7 Å². The fourth-order valence-electron chi connectivity index (χ4n) is 5.30. The second-order valence-corrected chi connectivity index (χ2v) is 9.98. The summed E-state index contributed by atoms with van der Waals surface area (Å²) in [5.41, 5.74) is 0.785. The zero-order valence-corrected chi connectivity index (χ0v) is 17.8. The monoisotopic (exact) mass is 415 g/mol. The highest BCUT2D eigenvalue weighted by atomic mass is 16.3. The van der Waals surface area contributed by atoms with Crippen LogP contribution in [0, 0.1) is 22.7 Å². The van der Waals surface area contributed by atoms with Crippen LogP contribution in [0.15, 0.2) is 30.9 Å². The van der Waals surface area contributed by atoms with E-state index < -0.39 is 11.0 Å². The maximum Gasteiger partial charge on any atom is 0.159 e. The van der Waals surface area contributed by atoms with Gasteiger partial charge < -0.3 is 10.0 Å². The van der Waals surface area contributed by atoms with Gasteiger partial charge in [0.1, 0.15) is 17.6 Å². The number of pyridine rings is 1. The Morgan fingerprint density at radius 1 is 1.16 bits per heavy atom. The molecule has 0 aromatic carbocycles. The minimum atomic E-state index is -0.704. The van der Waals surface area contributed by atoms with Crippen molar-refractivity contribution < 1.29 is 5.11 Å². The SMILES string of the molecule is CC(C)(O)C1CCN(c2cc(-n3ncc4cnc(C5(C#N)CC56CC6)cc43)ncn2)C1. The van der Waals surface area contributed by atoms with Crippen molar-refractivity contribution in [3.8, 4) is 11.9 Å². The third-order valence-electron chi connectivity index (χ3n) is 7.68. The summed E-state index contributed by atoms with van der Waals surface area (Å²) in [6, 6.07) is 6.51. The molecule has 3 aromatic rings. The van der Waals surface area contributed by atoms with Gasteiger partial charge in [0.2, 0.25) is 0 Å². The molecular weight excluding hydrogens is 390 g/mol. The van der Waals surface area contributed by atoms with Crippen LogP contribution in [-0.4, -0.2) is 48.5 Å². The first-order chi connectivity index (χ1) is 14.9. The number of hydrogen-bond donors (Lipinski definition) is 1. The van der Waals surface area contributed by atoms with E-state index in [0.717, 1.165) is 61.2 Å². The van der Waals surface area contributed by atoms with Gasteiger partial charge in [-0.1, -0.05) is 0 Å². The van der Waals surface area contributed by atoms with Gasteiger partial charge in [-0.15, -0.1) is 0 Å². The number of aromatic nitrogens is 5. The lowest BCUT2D eigenvalue weighted by Gasteiger charge is -2.25. The van der Waals surface area contributed by atoms with Crippen molar-refractivity contribution in [3.63, 3.8) is 0 Å². The average molecular weight is 416 g/mol. The fourth-order valence-corrected chi connectivity index (χ4v) is 5.30. The van der Waals surface area contributed by atoms with Crippen LogP contribution in [0.4, 0.5) is 5.82 Å². The zero-order chi connectivity index (χ0) is 21.4. The molecule has 3 aromatic heterocycles. The number of hydrogen-bond acceptors (Lipinski definition) is 7. The van der Waals surface area contributed by atoms with E-state index in [1.54, 1.807) is 12.5 Å². The van der Waals surface area contributed by atoms with Gasteiger partial charge in [0.05, 0.1) is 29.1 Å². The molecular formula is C23H25N7O. The number of nitriles is 1. The first-order valence-electron chi connectivity index (χ1n) is 10.9. The van der Waals surface area contributed by atoms with Crippen molar-refractivity contribution in [3.05, 3.63) is 36.5 Å². The molecule has 3 fully saturated rings. The third-order valence-corrected chi connectivity index (χ3v) is 7.68. The lowest BCUT2D eigenvalue weighted by Crippen LogP contribution is -2.33. The van der Waals surface area contributed by atoms with Gasteiger partial charge in [-0.2, -0.15) is 10.4 Å². The summed E-state index contributed by atoms with van der Waals surface area (Å²) in [5.74, 6) is 1.73. The maximum atomic E-state index is 10.4. The smallest absolute Gasteiger partial charge is 0.159 e. The van der Waals surface area contributed by atoms with E-state index in [1.165, 1.54) is 0 Å². The largest absolute Gasteiger partial charge is 0.390 e. The number of nitrogens with zero attached hydrogens (tertiary/aromatic N) is 7. The normalized spacial score (nSPS) is 26.4. The maximum absolute atomic E-state index is 10.4. The van der Waals surface area contributed by atoms with Gasteiger partial charge in [-0.3, -0.25) is 4.98 Å². The molecule has 1 spiro atoms. The summed E-state index contributed by atoms with van der Waals surface area (Å²) in [7, 11) is 0. The molecule has 3 aliphatic rings. The number of anilines is 1. The highest BCUT2D eigenvalue weighted by Gasteiger charge is 2.76. The second-order valence-electron chi connectivity index (χ2n) is 9.98. The lowest BCUT2D eigenvalue weighted by molar-refractivity contribution is 0.0263. The van der Waals surface area contributed by atoms with E-state index in [4.69, 9.17) is 0 Å². The molecule has 6 rings (SSSR count). The van der Waals surface area contributed by atoms with Crippen LogP contribution < -0.4 is 4.90 Å². The molecule has 1 aliphatic heterocycles. The minimum Gasteiger partial charge on any atom is -0.390 e. The zero-order valence-electron chi connectivity index (χ0n) is 17.8. The predicted octanol–water partition coefficient (Wildman–Crippen LogP) is 2.75. The van der Waals surface area contributed by atoms with Gasteiger partial charge >= 0.3 is 0 Å². The first kappa shape index (κ1) is 18.7. The summed E-state index contributed by atoms with van der Waals surface area (Å²) >= 11 is 0. The summed E-state index contributed by atoms with van der Waals surface area (Å²) in [6.07, 6.45) is 9.25. The van der Waals surface area contributed by atoms with E-state index in [9.17, 15) is 10.4 Å². The van der Waals surface area contributed by atoms with Crippen molar-refractivity contribution >= 4 is 16.7 Å². The fraction of sp³-hybridized carbons (Fsp3) is 0.522. The van der Waals surface area contributed by atoms with Crippen molar-refractivity contribution in [1.82, 2.24) is 24.7 Å². The molecule has 2 saturated carbocycles. The Balaban J connectivity index is 1.35. The molecule has 0 amide bonds. The number of aliphatic hydroxyl groups is 1. The Hall–Kier alpha value is -3.05. The number of rotatable bonds is 4. The van der Waals surface area contributed by atoms with Gasteiger partial charge in [-0.25, -0.2) is 14.6 Å². The van der Waals surface area contributed by atoms with Crippen LogP contribution >= 0.6 is 0 Å². The molecule has 2 aliphatic carbocycles. The predicted molar refractivity (Wildman–Crippen MR) is 115 cm³/mol. The van der Waals surface area contributed by atoms with E-state index in [2.05, 4.69) is 31.0 Å². The van der Waals surface area contributed by atoms with Crippen molar-refractivity contribution in [2.45, 2.75) is 50.5 Å². The van der Waals surface area contributed by atoms with Gasteiger partial charge in [0.25, 0.3) is 0 Å². The highest BCUT2D eigenvalue weighted by molar-refractivity contribution is 5.80.